The largest absolute Gasteiger partial charge is 0.419 e. The number of nitrogens with zero attached hydrogens (tertiary/aromatic N) is 3. The van der Waals surface area contributed by atoms with E-state index in [1.54, 1.807) is 0 Å². The van der Waals surface area contributed by atoms with Gasteiger partial charge in [0.25, 0.3) is 5.69 Å². The highest BCUT2D eigenvalue weighted by Gasteiger charge is 2.16. The van der Waals surface area contributed by atoms with E-state index in [4.69, 9.17) is 4.42 Å². The summed E-state index contributed by atoms with van der Waals surface area (Å²) in [6, 6.07) is 3.98. The normalized spacial score (nSPS) is 14.5. The van der Waals surface area contributed by atoms with Crippen molar-refractivity contribution in [1.82, 2.24) is 14.8 Å². The number of oxazole rings is 1. The maximum absolute atomic E-state index is 12.2. The molecule has 2 heterocycles. The molecule has 10 heteroatoms. The van der Waals surface area contributed by atoms with Crippen LogP contribution in [0.2, 0.25) is 0 Å². The second-order valence-electron chi connectivity index (χ2n) is 7.43. The van der Waals surface area contributed by atoms with Crippen molar-refractivity contribution in [2.75, 3.05) is 19.6 Å². The lowest BCUT2D eigenvalue weighted by molar-refractivity contribution is -0.384. The molecule has 1 aliphatic heterocycles. The third-order valence-electron chi connectivity index (χ3n) is 5.27. The fraction of sp³-hybridized carbons (Fsp3) is 0.550. The molecule has 2 amide bonds. The first-order valence-corrected chi connectivity index (χ1v) is 10.3. The first-order chi connectivity index (χ1) is 14.5. The van der Waals surface area contributed by atoms with Crippen LogP contribution in [0.25, 0.3) is 11.1 Å². The molecule has 0 bridgehead atoms. The van der Waals surface area contributed by atoms with Gasteiger partial charge in [0.1, 0.15) is 0 Å². The van der Waals surface area contributed by atoms with Gasteiger partial charge in [-0.15, -0.1) is 0 Å². The van der Waals surface area contributed by atoms with E-state index >= 15 is 0 Å². The van der Waals surface area contributed by atoms with Crippen LogP contribution in [0.5, 0.6) is 0 Å². The summed E-state index contributed by atoms with van der Waals surface area (Å²) in [5.74, 6) is -0.730. The molecule has 1 aromatic carbocycles. The Bertz CT molecular complexity index is 971. The number of aryl methyl sites for hydroxylation is 1. The van der Waals surface area contributed by atoms with Gasteiger partial charge in [0.2, 0.25) is 11.8 Å². The lowest BCUT2D eigenvalue weighted by atomic mass is 10.2. The number of fused-ring (bicyclic) bond motifs is 1. The monoisotopic (exact) mass is 418 g/mol. The number of rotatable bonds is 8. The molecule has 0 radical (unpaired) electrons. The Morgan fingerprint density at radius 2 is 1.87 bits per heavy atom. The number of non-ortho nitro benzene ring substituents is 1. The Morgan fingerprint density at radius 3 is 2.57 bits per heavy atom. The molecular formula is C20H26N4O6. The number of hydrogen-bond acceptors (Lipinski definition) is 6. The molecule has 0 unspecified atom stereocenters. The summed E-state index contributed by atoms with van der Waals surface area (Å²) in [7, 11) is 0. The van der Waals surface area contributed by atoms with Crippen molar-refractivity contribution < 1.29 is 18.9 Å². The van der Waals surface area contributed by atoms with Crippen molar-refractivity contribution >= 4 is 28.6 Å². The van der Waals surface area contributed by atoms with Gasteiger partial charge in [-0.25, -0.2) is 4.79 Å². The van der Waals surface area contributed by atoms with E-state index in [9.17, 15) is 24.5 Å². The van der Waals surface area contributed by atoms with E-state index in [1.807, 2.05) is 4.90 Å². The summed E-state index contributed by atoms with van der Waals surface area (Å²) < 4.78 is 6.42. The van der Waals surface area contributed by atoms with E-state index in [0.29, 0.717) is 18.5 Å². The SMILES string of the molecule is O=C(CCCn1c(=O)oc2cc([N+](=O)[O-])ccc21)NCCC(=O)N1CCCCCC1. The fourth-order valence-corrected chi connectivity index (χ4v) is 3.65. The lowest BCUT2D eigenvalue weighted by Crippen LogP contribution is -2.35. The van der Waals surface area contributed by atoms with Crippen molar-refractivity contribution in [3.8, 4) is 0 Å². The molecule has 1 saturated heterocycles. The fourth-order valence-electron chi connectivity index (χ4n) is 3.65. The molecule has 0 atom stereocenters. The van der Waals surface area contributed by atoms with Crippen LogP contribution in [0.1, 0.15) is 44.9 Å². The van der Waals surface area contributed by atoms with E-state index in [-0.39, 0.29) is 42.5 Å². The van der Waals surface area contributed by atoms with Crippen LogP contribution in [-0.4, -0.2) is 45.8 Å². The number of likely N-dealkylation sites (tertiary alicyclic amines) is 1. The molecule has 1 aliphatic rings. The van der Waals surface area contributed by atoms with Gasteiger partial charge >= 0.3 is 5.76 Å². The summed E-state index contributed by atoms with van der Waals surface area (Å²) in [6.45, 7) is 2.14. The Hall–Kier alpha value is -3.17. The number of carbonyl (C=O) groups excluding carboxylic acids is 2. The number of benzene rings is 1. The van der Waals surface area contributed by atoms with E-state index in [1.165, 1.54) is 22.8 Å². The highest BCUT2D eigenvalue weighted by Crippen LogP contribution is 2.20. The van der Waals surface area contributed by atoms with Crippen molar-refractivity contribution in [3.63, 3.8) is 0 Å². The number of carbonyl (C=O) groups is 2. The van der Waals surface area contributed by atoms with Crippen LogP contribution in [0.3, 0.4) is 0 Å². The first-order valence-electron chi connectivity index (χ1n) is 10.3. The average molecular weight is 418 g/mol. The first kappa shape index (κ1) is 21.5. The standard InChI is InChI=1S/C20H26N4O6/c25-18(21-10-9-19(26)22-11-3-1-2-4-12-22)6-5-13-23-16-8-7-15(24(28)29)14-17(16)30-20(23)27/h7-8,14H,1-6,9-13H2,(H,21,25). The van der Waals surface area contributed by atoms with Gasteiger partial charge < -0.3 is 14.6 Å². The molecule has 2 aromatic rings. The maximum Gasteiger partial charge on any atom is 0.419 e. The number of amides is 2. The Kier molecular flexibility index (Phi) is 7.21. The van der Waals surface area contributed by atoms with Crippen LogP contribution in [-0.2, 0) is 16.1 Å². The topological polar surface area (TPSA) is 128 Å². The number of nitrogens with one attached hydrogen (secondary N) is 1. The summed E-state index contributed by atoms with van der Waals surface area (Å²) >= 11 is 0. The van der Waals surface area contributed by atoms with Crippen LogP contribution in [0, 0.1) is 10.1 Å². The smallest absolute Gasteiger partial charge is 0.407 e. The van der Waals surface area contributed by atoms with Gasteiger partial charge in [-0.05, 0) is 25.3 Å². The second-order valence-corrected chi connectivity index (χ2v) is 7.43. The second kappa shape index (κ2) is 10.0. The number of nitro groups is 1. The van der Waals surface area contributed by atoms with Gasteiger partial charge in [-0.2, -0.15) is 0 Å². The minimum Gasteiger partial charge on any atom is -0.407 e. The maximum atomic E-state index is 12.2. The van der Waals surface area contributed by atoms with Crippen LogP contribution < -0.4 is 11.1 Å². The highest BCUT2D eigenvalue weighted by atomic mass is 16.6. The zero-order chi connectivity index (χ0) is 21.5. The number of nitro benzene ring substituents is 1. The highest BCUT2D eigenvalue weighted by molar-refractivity contribution is 5.79. The zero-order valence-electron chi connectivity index (χ0n) is 16.8. The molecule has 1 N–H and O–H groups in total. The van der Waals surface area contributed by atoms with Crippen molar-refractivity contribution in [3.05, 3.63) is 38.9 Å². The molecule has 30 heavy (non-hydrogen) atoms. The molecule has 0 aliphatic carbocycles. The number of hydrogen-bond donors (Lipinski definition) is 1. The van der Waals surface area contributed by atoms with E-state index < -0.39 is 10.7 Å². The molecule has 1 aromatic heterocycles. The predicted molar refractivity (Wildman–Crippen MR) is 109 cm³/mol. The summed E-state index contributed by atoms with van der Waals surface area (Å²) in [5, 5.41) is 13.6. The molecule has 3 rings (SSSR count). The van der Waals surface area contributed by atoms with E-state index in [0.717, 1.165) is 38.8 Å². The Balaban J connectivity index is 1.43. The average Bonchev–Trinajstić information content (AvgIpc) is 2.88. The van der Waals surface area contributed by atoms with Crippen LogP contribution >= 0.6 is 0 Å². The van der Waals surface area contributed by atoms with Gasteiger partial charge in [-0.1, -0.05) is 12.8 Å². The molecule has 0 saturated carbocycles. The van der Waals surface area contributed by atoms with Crippen LogP contribution in [0.15, 0.2) is 27.4 Å². The number of aromatic nitrogens is 1. The molecule has 10 nitrogen and oxygen atoms in total. The predicted octanol–water partition coefficient (Wildman–Crippen LogP) is 2.19. The molecule has 0 spiro atoms. The van der Waals surface area contributed by atoms with Crippen molar-refractivity contribution in [2.24, 2.45) is 0 Å². The lowest BCUT2D eigenvalue weighted by Gasteiger charge is -2.20. The van der Waals surface area contributed by atoms with Crippen LogP contribution in [0.4, 0.5) is 5.69 Å². The molecule has 162 valence electrons. The summed E-state index contributed by atoms with van der Waals surface area (Å²) in [6.07, 6.45) is 5.28. The Labute approximate surface area is 173 Å². The van der Waals surface area contributed by atoms with Gasteiger partial charge in [0.15, 0.2) is 5.58 Å². The van der Waals surface area contributed by atoms with Gasteiger partial charge in [0, 0.05) is 45.1 Å². The zero-order valence-corrected chi connectivity index (χ0v) is 16.8. The van der Waals surface area contributed by atoms with Crippen molar-refractivity contribution in [2.45, 2.75) is 51.5 Å². The van der Waals surface area contributed by atoms with Gasteiger partial charge in [0.05, 0.1) is 16.5 Å². The molecular weight excluding hydrogens is 392 g/mol. The summed E-state index contributed by atoms with van der Waals surface area (Å²) in [4.78, 5) is 48.4. The Morgan fingerprint density at radius 1 is 1.13 bits per heavy atom. The molecule has 1 fully saturated rings. The minimum absolute atomic E-state index is 0.0720. The van der Waals surface area contributed by atoms with E-state index in [2.05, 4.69) is 5.32 Å². The third kappa shape index (κ3) is 5.46. The van der Waals surface area contributed by atoms with Crippen molar-refractivity contribution in [1.29, 1.82) is 0 Å². The quantitative estimate of drug-likeness (QED) is 0.517. The minimum atomic E-state index is -0.617. The van der Waals surface area contributed by atoms with Gasteiger partial charge in [-0.3, -0.25) is 24.3 Å². The summed E-state index contributed by atoms with van der Waals surface area (Å²) in [5.41, 5.74) is 0.442. The third-order valence-corrected chi connectivity index (χ3v) is 5.27.